The number of anilines is 2. The number of nitrogens with zero attached hydrogens (tertiary/aromatic N) is 2. The summed E-state index contributed by atoms with van der Waals surface area (Å²) in [5.74, 6) is 0.0991. The van der Waals surface area contributed by atoms with Crippen molar-refractivity contribution in [1.82, 2.24) is 0 Å². The molecule has 2 heterocycles. The SMILES string of the molecule is Cc1ccc(N2CCC3=C2CC(c2ccccc2)N(c2ccc(Cl)cc2)C3=O)cc1. The lowest BCUT2D eigenvalue weighted by Crippen LogP contribution is -2.40. The van der Waals surface area contributed by atoms with Crippen LogP contribution in [0.3, 0.4) is 0 Å². The van der Waals surface area contributed by atoms with E-state index in [1.54, 1.807) is 0 Å². The molecule has 3 nitrogen and oxygen atoms in total. The molecule has 4 heteroatoms. The van der Waals surface area contributed by atoms with Gasteiger partial charge >= 0.3 is 0 Å². The average molecular weight is 415 g/mol. The molecule has 0 spiro atoms. The minimum absolute atomic E-state index is 0.0512. The van der Waals surface area contributed by atoms with Crippen LogP contribution in [0.5, 0.6) is 0 Å². The lowest BCUT2D eigenvalue weighted by Gasteiger charge is -2.38. The first-order valence-corrected chi connectivity index (χ1v) is 10.7. The summed E-state index contributed by atoms with van der Waals surface area (Å²) in [5.41, 5.74) is 6.51. The van der Waals surface area contributed by atoms with Gasteiger partial charge in [0.05, 0.1) is 6.04 Å². The smallest absolute Gasteiger partial charge is 0.256 e. The number of carbonyl (C=O) groups excluding carboxylic acids is 1. The topological polar surface area (TPSA) is 23.6 Å². The van der Waals surface area contributed by atoms with Crippen LogP contribution >= 0.6 is 11.6 Å². The molecule has 3 aromatic rings. The predicted octanol–water partition coefficient (Wildman–Crippen LogP) is 6.29. The summed E-state index contributed by atoms with van der Waals surface area (Å²) in [7, 11) is 0. The number of amides is 1. The highest BCUT2D eigenvalue weighted by Gasteiger charge is 2.40. The molecule has 1 amide bonds. The van der Waals surface area contributed by atoms with Crippen LogP contribution in [-0.4, -0.2) is 12.5 Å². The van der Waals surface area contributed by atoms with Gasteiger partial charge in [0, 0.05) is 40.6 Å². The molecule has 150 valence electrons. The van der Waals surface area contributed by atoms with E-state index in [-0.39, 0.29) is 11.9 Å². The van der Waals surface area contributed by atoms with Crippen LogP contribution < -0.4 is 9.80 Å². The third kappa shape index (κ3) is 3.29. The molecule has 2 aliphatic heterocycles. The fourth-order valence-corrected chi connectivity index (χ4v) is 4.67. The first-order chi connectivity index (χ1) is 14.6. The Hall–Kier alpha value is -3.04. The number of aryl methyl sites for hydroxylation is 1. The molecule has 3 aromatic carbocycles. The van der Waals surface area contributed by atoms with Crippen molar-refractivity contribution in [2.75, 3.05) is 16.3 Å². The zero-order chi connectivity index (χ0) is 20.7. The van der Waals surface area contributed by atoms with Crippen molar-refractivity contribution in [2.45, 2.75) is 25.8 Å². The number of carbonyl (C=O) groups is 1. The molecule has 30 heavy (non-hydrogen) atoms. The number of benzene rings is 3. The van der Waals surface area contributed by atoms with Gasteiger partial charge in [0.1, 0.15) is 0 Å². The first-order valence-electron chi connectivity index (χ1n) is 10.3. The van der Waals surface area contributed by atoms with E-state index >= 15 is 0 Å². The van der Waals surface area contributed by atoms with Gasteiger partial charge < -0.3 is 9.80 Å². The van der Waals surface area contributed by atoms with Gasteiger partial charge in [-0.3, -0.25) is 4.79 Å². The van der Waals surface area contributed by atoms with E-state index in [2.05, 4.69) is 48.2 Å². The normalized spacial score (nSPS) is 18.7. The molecule has 0 saturated heterocycles. The Kier molecular flexibility index (Phi) is 4.84. The maximum Gasteiger partial charge on any atom is 0.256 e. The van der Waals surface area contributed by atoms with Gasteiger partial charge in [-0.25, -0.2) is 0 Å². The molecular weight excluding hydrogens is 392 g/mol. The van der Waals surface area contributed by atoms with E-state index in [1.807, 2.05) is 47.4 Å². The molecule has 0 aromatic heterocycles. The number of hydrogen-bond acceptors (Lipinski definition) is 2. The van der Waals surface area contributed by atoms with Crippen LogP contribution in [0, 0.1) is 6.92 Å². The summed E-state index contributed by atoms with van der Waals surface area (Å²) < 4.78 is 0. The van der Waals surface area contributed by atoms with E-state index in [1.165, 1.54) is 5.56 Å². The van der Waals surface area contributed by atoms with Gasteiger partial charge in [-0.1, -0.05) is 59.6 Å². The molecule has 1 atom stereocenters. The monoisotopic (exact) mass is 414 g/mol. The van der Waals surface area contributed by atoms with Gasteiger partial charge in [0.25, 0.3) is 5.91 Å². The molecule has 5 rings (SSSR count). The summed E-state index contributed by atoms with van der Waals surface area (Å²) >= 11 is 6.11. The fraction of sp³-hybridized carbons (Fsp3) is 0.192. The summed E-state index contributed by atoms with van der Waals surface area (Å²) in [6, 6.07) is 26.4. The van der Waals surface area contributed by atoms with E-state index in [0.717, 1.165) is 47.6 Å². The van der Waals surface area contributed by atoms with Crippen molar-refractivity contribution < 1.29 is 4.79 Å². The van der Waals surface area contributed by atoms with Crippen molar-refractivity contribution in [1.29, 1.82) is 0 Å². The summed E-state index contributed by atoms with van der Waals surface area (Å²) in [5, 5.41) is 0.672. The molecule has 0 bridgehead atoms. The Morgan fingerprint density at radius 2 is 1.53 bits per heavy atom. The van der Waals surface area contributed by atoms with E-state index < -0.39 is 0 Å². The van der Waals surface area contributed by atoms with E-state index in [0.29, 0.717) is 5.02 Å². The third-order valence-corrected chi connectivity index (χ3v) is 6.32. The second kappa shape index (κ2) is 7.66. The highest BCUT2D eigenvalue weighted by molar-refractivity contribution is 6.30. The molecule has 2 aliphatic rings. The van der Waals surface area contributed by atoms with Crippen molar-refractivity contribution >= 4 is 28.9 Å². The second-order valence-corrected chi connectivity index (χ2v) is 8.38. The lowest BCUT2D eigenvalue weighted by molar-refractivity contribution is -0.116. The van der Waals surface area contributed by atoms with Crippen molar-refractivity contribution in [3.63, 3.8) is 0 Å². The average Bonchev–Trinajstić information content (AvgIpc) is 3.20. The largest absolute Gasteiger partial charge is 0.344 e. The van der Waals surface area contributed by atoms with Crippen molar-refractivity contribution in [2.24, 2.45) is 0 Å². The quantitative estimate of drug-likeness (QED) is 0.502. The minimum atomic E-state index is -0.0512. The van der Waals surface area contributed by atoms with Crippen LogP contribution in [0.25, 0.3) is 0 Å². The van der Waals surface area contributed by atoms with Gasteiger partial charge in [-0.15, -0.1) is 0 Å². The maximum atomic E-state index is 13.7. The second-order valence-electron chi connectivity index (χ2n) is 7.94. The predicted molar refractivity (Wildman–Crippen MR) is 123 cm³/mol. The molecule has 0 radical (unpaired) electrons. The van der Waals surface area contributed by atoms with Gasteiger partial charge in [-0.05, 0) is 55.3 Å². The Morgan fingerprint density at radius 1 is 0.867 bits per heavy atom. The van der Waals surface area contributed by atoms with Crippen LogP contribution in [0.1, 0.15) is 30.0 Å². The Balaban J connectivity index is 1.59. The van der Waals surface area contributed by atoms with Gasteiger partial charge in [0.2, 0.25) is 0 Å². The molecule has 0 saturated carbocycles. The van der Waals surface area contributed by atoms with Crippen LogP contribution in [0.4, 0.5) is 11.4 Å². The molecule has 1 unspecified atom stereocenters. The van der Waals surface area contributed by atoms with Gasteiger partial charge in [0.15, 0.2) is 0 Å². The highest BCUT2D eigenvalue weighted by Crippen LogP contribution is 2.44. The first kappa shape index (κ1) is 19.0. The minimum Gasteiger partial charge on any atom is -0.344 e. The third-order valence-electron chi connectivity index (χ3n) is 6.07. The maximum absolute atomic E-state index is 13.7. The van der Waals surface area contributed by atoms with E-state index in [9.17, 15) is 4.79 Å². The summed E-state index contributed by atoms with van der Waals surface area (Å²) in [4.78, 5) is 18.0. The summed E-state index contributed by atoms with van der Waals surface area (Å²) in [6.07, 6.45) is 1.56. The summed E-state index contributed by atoms with van der Waals surface area (Å²) in [6.45, 7) is 2.94. The van der Waals surface area contributed by atoms with Crippen LogP contribution in [-0.2, 0) is 4.79 Å². The van der Waals surface area contributed by atoms with Crippen molar-refractivity contribution in [3.05, 3.63) is 106 Å². The van der Waals surface area contributed by atoms with Gasteiger partial charge in [-0.2, -0.15) is 0 Å². The number of halogens is 1. The van der Waals surface area contributed by atoms with Crippen molar-refractivity contribution in [3.8, 4) is 0 Å². The Morgan fingerprint density at radius 3 is 2.23 bits per heavy atom. The van der Waals surface area contributed by atoms with Crippen LogP contribution in [0.2, 0.25) is 5.02 Å². The molecule has 0 N–H and O–H groups in total. The lowest BCUT2D eigenvalue weighted by atomic mass is 9.92. The highest BCUT2D eigenvalue weighted by atomic mass is 35.5. The van der Waals surface area contributed by atoms with E-state index in [4.69, 9.17) is 11.6 Å². The molecule has 0 aliphatic carbocycles. The Labute approximate surface area is 182 Å². The Bertz CT molecular complexity index is 1100. The molecular formula is C26H23ClN2O. The number of hydrogen-bond donors (Lipinski definition) is 0. The zero-order valence-corrected chi connectivity index (χ0v) is 17.6. The van der Waals surface area contributed by atoms with Crippen LogP contribution in [0.15, 0.2) is 90.1 Å². The number of rotatable bonds is 3. The molecule has 0 fully saturated rings. The zero-order valence-electron chi connectivity index (χ0n) is 16.9. The fourth-order valence-electron chi connectivity index (χ4n) is 4.54. The standard InChI is InChI=1S/C26H23ClN2O/c1-18-7-11-21(12-8-18)28-16-15-23-25(28)17-24(19-5-3-2-4-6-19)29(26(23)30)22-13-9-20(27)10-14-22/h2-14,24H,15-17H2,1H3.